The van der Waals surface area contributed by atoms with Gasteiger partial charge in [-0.3, -0.25) is 14.4 Å². The standard InChI is InChI=1S/C56H101NO6/c1-5-9-13-17-19-26-38-51(36-24-15-11-7-3)48-61-54(58)42-30-22-33-45-57(47-35-32-44-56(60)63-50-53-40-28-21-29-41-53)46-34-23-31-43-55(59)62-49-52(37-25-16-12-8-4)39-27-20-18-14-10-6-2/h21,28-29,40-41,51-52H,5-20,22-27,30-39,42-50H2,1-4H3. The van der Waals surface area contributed by atoms with E-state index >= 15 is 0 Å². The molecule has 0 aliphatic carbocycles. The summed E-state index contributed by atoms with van der Waals surface area (Å²) < 4.78 is 17.2. The molecule has 0 aliphatic heterocycles. The van der Waals surface area contributed by atoms with Crippen molar-refractivity contribution >= 4 is 17.9 Å². The van der Waals surface area contributed by atoms with Crippen LogP contribution in [0, 0.1) is 11.8 Å². The Kier molecular flexibility index (Phi) is 41.7. The first-order valence-corrected chi connectivity index (χ1v) is 27.1. The van der Waals surface area contributed by atoms with E-state index in [1.54, 1.807) is 0 Å². The minimum absolute atomic E-state index is 0.0358. The second-order valence-corrected chi connectivity index (χ2v) is 19.0. The van der Waals surface area contributed by atoms with E-state index < -0.39 is 0 Å². The minimum atomic E-state index is -0.139. The molecule has 0 N–H and O–H groups in total. The average Bonchev–Trinajstić information content (AvgIpc) is 3.29. The number of hydrogen-bond acceptors (Lipinski definition) is 7. The van der Waals surface area contributed by atoms with Crippen molar-refractivity contribution in [2.75, 3.05) is 32.8 Å². The van der Waals surface area contributed by atoms with Crippen molar-refractivity contribution in [3.8, 4) is 0 Å². The van der Waals surface area contributed by atoms with Gasteiger partial charge in [-0.1, -0.05) is 199 Å². The lowest BCUT2D eigenvalue weighted by atomic mass is 9.95. The van der Waals surface area contributed by atoms with E-state index in [2.05, 4.69) is 32.6 Å². The number of nitrogens with zero attached hydrogens (tertiary/aromatic N) is 1. The third kappa shape index (κ3) is 38.6. The van der Waals surface area contributed by atoms with Gasteiger partial charge in [0.25, 0.3) is 0 Å². The summed E-state index contributed by atoms with van der Waals surface area (Å²) in [5, 5.41) is 0. The Morgan fingerprint density at radius 1 is 0.397 bits per heavy atom. The zero-order chi connectivity index (χ0) is 45.7. The predicted molar refractivity (Wildman–Crippen MR) is 266 cm³/mol. The maximum Gasteiger partial charge on any atom is 0.306 e. The van der Waals surface area contributed by atoms with Gasteiger partial charge in [-0.15, -0.1) is 0 Å². The molecule has 1 aromatic rings. The van der Waals surface area contributed by atoms with Crippen molar-refractivity contribution in [1.82, 2.24) is 4.90 Å². The molecule has 0 spiro atoms. The van der Waals surface area contributed by atoms with Crippen molar-refractivity contribution in [3.05, 3.63) is 35.9 Å². The van der Waals surface area contributed by atoms with Crippen molar-refractivity contribution < 1.29 is 28.6 Å². The highest BCUT2D eigenvalue weighted by molar-refractivity contribution is 5.70. The van der Waals surface area contributed by atoms with E-state index in [1.165, 1.54) is 154 Å². The summed E-state index contributed by atoms with van der Waals surface area (Å²) in [7, 11) is 0. The first-order valence-electron chi connectivity index (χ1n) is 27.1. The fraction of sp³-hybridized carbons (Fsp3) is 0.839. The second kappa shape index (κ2) is 44.8. The van der Waals surface area contributed by atoms with Gasteiger partial charge in [-0.2, -0.15) is 0 Å². The lowest BCUT2D eigenvalue weighted by Crippen LogP contribution is -2.27. The molecular formula is C56H101NO6. The van der Waals surface area contributed by atoms with Crippen LogP contribution in [0.25, 0.3) is 0 Å². The SMILES string of the molecule is CCCCCCCCC(CCCCCC)COC(=O)CCCCCN(CCCCCC(=O)OCC(CCCCCC)CCCCCCCC)CCCCC(=O)OCc1ccccc1. The van der Waals surface area contributed by atoms with E-state index in [9.17, 15) is 14.4 Å². The van der Waals surface area contributed by atoms with Crippen LogP contribution >= 0.6 is 0 Å². The normalized spacial score (nSPS) is 12.4. The first kappa shape index (κ1) is 58.6. The predicted octanol–water partition coefficient (Wildman–Crippen LogP) is 16.1. The summed E-state index contributed by atoms with van der Waals surface area (Å²) in [4.78, 5) is 40.5. The molecule has 7 heteroatoms. The van der Waals surface area contributed by atoms with Gasteiger partial charge in [-0.25, -0.2) is 0 Å². The topological polar surface area (TPSA) is 82.1 Å². The second-order valence-electron chi connectivity index (χ2n) is 19.0. The molecule has 2 atom stereocenters. The molecule has 0 aromatic heterocycles. The number of carbonyl (C=O) groups is 3. The molecule has 1 aromatic carbocycles. The van der Waals surface area contributed by atoms with Crippen LogP contribution in [0.15, 0.2) is 30.3 Å². The van der Waals surface area contributed by atoms with Crippen molar-refractivity contribution in [2.24, 2.45) is 11.8 Å². The molecule has 366 valence electrons. The maximum atomic E-state index is 12.8. The maximum absolute atomic E-state index is 12.8. The van der Waals surface area contributed by atoms with Crippen molar-refractivity contribution in [2.45, 2.75) is 259 Å². The van der Waals surface area contributed by atoms with E-state index in [4.69, 9.17) is 14.2 Å². The molecule has 0 saturated heterocycles. The summed E-state index contributed by atoms with van der Waals surface area (Å²) in [6.45, 7) is 13.4. The molecule has 7 nitrogen and oxygen atoms in total. The Morgan fingerprint density at radius 3 is 1.13 bits per heavy atom. The third-order valence-electron chi connectivity index (χ3n) is 12.9. The van der Waals surface area contributed by atoms with E-state index in [0.717, 1.165) is 76.6 Å². The quantitative estimate of drug-likeness (QED) is 0.0366. The number of unbranched alkanes of at least 4 members (excludes halogenated alkanes) is 21. The van der Waals surface area contributed by atoms with Gasteiger partial charge >= 0.3 is 17.9 Å². The third-order valence-corrected chi connectivity index (χ3v) is 12.9. The molecule has 63 heavy (non-hydrogen) atoms. The van der Waals surface area contributed by atoms with E-state index in [0.29, 0.717) is 50.9 Å². The van der Waals surface area contributed by atoms with Crippen LogP contribution in [0.5, 0.6) is 0 Å². The van der Waals surface area contributed by atoms with Crippen LogP contribution < -0.4 is 0 Å². The van der Waals surface area contributed by atoms with Crippen molar-refractivity contribution in [1.29, 1.82) is 0 Å². The molecule has 0 amide bonds. The zero-order valence-corrected chi connectivity index (χ0v) is 41.9. The first-order chi connectivity index (χ1) is 30.9. The summed E-state index contributed by atoms with van der Waals surface area (Å²) in [5.74, 6) is 0.787. The van der Waals surface area contributed by atoms with Gasteiger partial charge in [0.15, 0.2) is 0 Å². The Bertz CT molecular complexity index is 1100. The van der Waals surface area contributed by atoms with Crippen LogP contribution in [-0.4, -0.2) is 55.7 Å². The molecule has 0 radical (unpaired) electrons. The number of hydrogen-bond donors (Lipinski definition) is 0. The monoisotopic (exact) mass is 884 g/mol. The van der Waals surface area contributed by atoms with Crippen LogP contribution in [0.3, 0.4) is 0 Å². The van der Waals surface area contributed by atoms with Crippen molar-refractivity contribution in [3.63, 3.8) is 0 Å². The molecule has 0 heterocycles. The highest BCUT2D eigenvalue weighted by Crippen LogP contribution is 2.22. The average molecular weight is 884 g/mol. The van der Waals surface area contributed by atoms with Gasteiger partial charge < -0.3 is 19.1 Å². The Balaban J connectivity index is 2.51. The van der Waals surface area contributed by atoms with Gasteiger partial charge in [0.2, 0.25) is 0 Å². The summed E-state index contributed by atoms with van der Waals surface area (Å²) >= 11 is 0. The van der Waals surface area contributed by atoms with E-state index in [-0.39, 0.29) is 17.9 Å². The van der Waals surface area contributed by atoms with E-state index in [1.807, 2.05) is 30.3 Å². The number of rotatable bonds is 47. The van der Waals surface area contributed by atoms with Crippen LogP contribution in [0.1, 0.15) is 258 Å². The zero-order valence-electron chi connectivity index (χ0n) is 41.9. The molecule has 0 bridgehead atoms. The Hall–Kier alpha value is -2.41. The molecule has 1 rings (SSSR count). The highest BCUT2D eigenvalue weighted by Gasteiger charge is 2.15. The fourth-order valence-corrected chi connectivity index (χ4v) is 8.65. The lowest BCUT2D eigenvalue weighted by molar-refractivity contribution is -0.146. The molecule has 0 aliphatic rings. The Labute approximate surface area is 389 Å². The van der Waals surface area contributed by atoms with Crippen LogP contribution in [-0.2, 0) is 35.2 Å². The van der Waals surface area contributed by atoms with Gasteiger partial charge in [0.05, 0.1) is 13.2 Å². The summed E-state index contributed by atoms with van der Waals surface area (Å²) in [6.07, 6.45) is 39.5. The summed E-state index contributed by atoms with van der Waals surface area (Å²) in [5.41, 5.74) is 1.01. The summed E-state index contributed by atoms with van der Waals surface area (Å²) in [6, 6.07) is 9.84. The van der Waals surface area contributed by atoms with Crippen LogP contribution in [0.4, 0.5) is 0 Å². The number of carbonyl (C=O) groups excluding carboxylic acids is 3. The lowest BCUT2D eigenvalue weighted by Gasteiger charge is -2.22. The Morgan fingerprint density at radius 2 is 0.714 bits per heavy atom. The molecular weight excluding hydrogens is 783 g/mol. The van der Waals surface area contributed by atoms with Gasteiger partial charge in [-0.05, 0) is 101 Å². The van der Waals surface area contributed by atoms with Crippen LogP contribution in [0.2, 0.25) is 0 Å². The number of esters is 3. The molecule has 0 fully saturated rings. The molecule has 0 saturated carbocycles. The highest BCUT2D eigenvalue weighted by atomic mass is 16.5. The number of ether oxygens (including phenoxy) is 3. The fourth-order valence-electron chi connectivity index (χ4n) is 8.65. The van der Waals surface area contributed by atoms with Gasteiger partial charge in [0.1, 0.15) is 6.61 Å². The van der Waals surface area contributed by atoms with Gasteiger partial charge in [0, 0.05) is 19.3 Å². The number of benzene rings is 1. The molecule has 2 unspecified atom stereocenters. The minimum Gasteiger partial charge on any atom is -0.465 e. The largest absolute Gasteiger partial charge is 0.465 e. The smallest absolute Gasteiger partial charge is 0.306 e.